The number of benzene rings is 2. The molecule has 8 heteroatoms. The molecule has 0 unspecified atom stereocenters. The van der Waals surface area contributed by atoms with Crippen LogP contribution in [0.15, 0.2) is 18.2 Å². The van der Waals surface area contributed by atoms with E-state index < -0.39 is 16.9 Å². The van der Waals surface area contributed by atoms with Gasteiger partial charge in [-0.3, -0.25) is 9.59 Å². The summed E-state index contributed by atoms with van der Waals surface area (Å²) in [5.74, 6) is 2.33. The Hall–Kier alpha value is -3.68. The summed E-state index contributed by atoms with van der Waals surface area (Å²) in [7, 11) is 3.09. The van der Waals surface area contributed by atoms with E-state index in [1.807, 2.05) is 13.0 Å². The topological polar surface area (TPSA) is 112 Å². The average molecular weight is 931 g/mol. The van der Waals surface area contributed by atoms with Gasteiger partial charge in [0.25, 0.3) is 0 Å². The third kappa shape index (κ3) is 5.45. The lowest BCUT2D eigenvalue weighted by atomic mass is 9.32. The van der Waals surface area contributed by atoms with Gasteiger partial charge in [-0.15, -0.1) is 0 Å². The smallest absolute Gasteiger partial charge is 0.311 e. The van der Waals surface area contributed by atoms with Crippen molar-refractivity contribution in [3.8, 4) is 23.0 Å². The molecule has 0 aromatic heterocycles. The predicted octanol–water partition coefficient (Wildman–Crippen LogP) is 13.6. The lowest BCUT2D eigenvalue weighted by molar-refractivity contribution is -0.238. The van der Waals surface area contributed by atoms with E-state index in [-0.39, 0.29) is 78.8 Å². The van der Waals surface area contributed by atoms with Crippen LogP contribution in [0.3, 0.4) is 0 Å². The average Bonchev–Trinajstić information content (AvgIpc) is 3.30. The Labute approximate surface area is 407 Å². The summed E-state index contributed by atoms with van der Waals surface area (Å²) in [4.78, 5) is 26.9. The third-order valence-corrected chi connectivity index (χ3v) is 24.7. The number of carbonyl (C=O) groups is 2. The van der Waals surface area contributed by atoms with Crippen molar-refractivity contribution in [2.45, 2.75) is 196 Å². The van der Waals surface area contributed by atoms with Crippen LogP contribution in [0.1, 0.15) is 199 Å². The lowest BCUT2D eigenvalue weighted by Crippen LogP contribution is -2.69. The fourth-order valence-electron chi connectivity index (χ4n) is 19.8. The van der Waals surface area contributed by atoms with Gasteiger partial charge in [-0.25, -0.2) is 0 Å². The number of phenolic OH excluding ortho intramolecular Hbond substituents is 2. The van der Waals surface area contributed by atoms with Gasteiger partial charge in [0, 0.05) is 33.4 Å². The number of esters is 2. The first-order valence-electron chi connectivity index (χ1n) is 26.6. The Morgan fingerprint density at radius 2 is 1.12 bits per heavy atom. The Balaban J connectivity index is 1.02. The number of phenols is 2. The molecule has 0 bridgehead atoms. The number of hydrogen-bond donors (Lipinski definition) is 2. The quantitative estimate of drug-likeness (QED) is 0.226. The summed E-state index contributed by atoms with van der Waals surface area (Å²) in [5, 5.41) is 23.0. The van der Waals surface area contributed by atoms with E-state index in [4.69, 9.17) is 18.9 Å². The first-order chi connectivity index (χ1) is 31.7. The van der Waals surface area contributed by atoms with Gasteiger partial charge < -0.3 is 29.2 Å². The van der Waals surface area contributed by atoms with Crippen molar-refractivity contribution in [1.82, 2.24) is 0 Å². The molecule has 370 valence electrons. The second kappa shape index (κ2) is 14.0. The fraction of sp³-hybridized carbons (Fsp3) is 0.733. The molecule has 2 aromatic carbocycles. The van der Waals surface area contributed by atoms with E-state index >= 15 is 0 Å². The maximum absolute atomic E-state index is 13.5. The van der Waals surface area contributed by atoms with Crippen molar-refractivity contribution in [1.29, 1.82) is 0 Å². The van der Waals surface area contributed by atoms with Crippen LogP contribution in [0.25, 0.3) is 6.08 Å². The molecule has 0 spiro atoms. The van der Waals surface area contributed by atoms with Gasteiger partial charge in [0.15, 0.2) is 29.1 Å². The van der Waals surface area contributed by atoms with Crippen LogP contribution >= 0.6 is 0 Å². The SMILES string of the molecule is COC(=O)[C@]1(C)CC[C@]2(C)CC[C@]3(C)[C@H]4C=Cc5c(cc6c(c5C)O[C@@H]5[C@H](O6)c6c(cc(O)c(O)c6C)[C@]6(C)CC[C@@]7(C)[C@@H]8C[C@](C)(C(=O)OC)CC[C@]8(C)CC[C@]7(C)[C@@H]56)[C@]4(C)CC[C@@]3(C)[C@@H]2C1. The van der Waals surface area contributed by atoms with Crippen LogP contribution in [0.4, 0.5) is 0 Å². The molecule has 6 fully saturated rings. The summed E-state index contributed by atoms with van der Waals surface area (Å²) >= 11 is 0. The number of ether oxygens (including phenoxy) is 4. The number of hydrogen-bond acceptors (Lipinski definition) is 8. The Kier molecular flexibility index (Phi) is 9.64. The summed E-state index contributed by atoms with van der Waals surface area (Å²) in [6.45, 7) is 28.6. The number of rotatable bonds is 2. The van der Waals surface area contributed by atoms with Crippen LogP contribution < -0.4 is 9.47 Å². The van der Waals surface area contributed by atoms with Gasteiger partial charge in [0.2, 0.25) is 0 Å². The molecule has 2 aromatic rings. The molecule has 0 amide bonds. The highest BCUT2D eigenvalue weighted by atomic mass is 16.6. The lowest BCUT2D eigenvalue weighted by Gasteiger charge is -2.73. The van der Waals surface area contributed by atoms with Crippen molar-refractivity contribution in [3.05, 3.63) is 51.6 Å². The highest BCUT2D eigenvalue weighted by Crippen LogP contribution is 2.78. The Bertz CT molecular complexity index is 2580. The molecule has 11 rings (SSSR count). The number of carbonyl (C=O) groups excluding carboxylic acids is 2. The summed E-state index contributed by atoms with van der Waals surface area (Å²) in [5.41, 5.74) is 4.91. The number of allylic oxidation sites excluding steroid dienone is 1. The van der Waals surface area contributed by atoms with E-state index in [0.717, 1.165) is 112 Å². The molecule has 8 aliphatic carbocycles. The largest absolute Gasteiger partial charge is 0.504 e. The molecular formula is C60H82O8. The Morgan fingerprint density at radius 1 is 0.603 bits per heavy atom. The van der Waals surface area contributed by atoms with E-state index in [2.05, 4.69) is 94.4 Å². The van der Waals surface area contributed by atoms with Gasteiger partial charge in [0.05, 0.1) is 25.0 Å². The van der Waals surface area contributed by atoms with Crippen LogP contribution in [-0.4, -0.2) is 42.5 Å². The zero-order valence-electron chi connectivity index (χ0n) is 44.0. The fourth-order valence-corrected chi connectivity index (χ4v) is 19.8. The van der Waals surface area contributed by atoms with Crippen molar-refractivity contribution < 1.29 is 38.7 Å². The molecule has 16 atom stereocenters. The van der Waals surface area contributed by atoms with Crippen molar-refractivity contribution in [3.63, 3.8) is 0 Å². The number of fused-ring (bicyclic) bond motifs is 18. The van der Waals surface area contributed by atoms with Crippen LogP contribution in [0.2, 0.25) is 0 Å². The molecule has 6 saturated carbocycles. The Morgan fingerprint density at radius 3 is 1.69 bits per heavy atom. The van der Waals surface area contributed by atoms with Crippen molar-refractivity contribution in [2.24, 2.45) is 67.0 Å². The molecule has 0 radical (unpaired) electrons. The highest BCUT2D eigenvalue weighted by molar-refractivity contribution is 5.77. The standard InChI is InChI=1S/C60H82O8/c1-33-35-15-16-40-55(7,23-27-58(10)41-31-53(5,49(63)65-13)19-17-51(41,3)21-25-57(40,58)9)36(35)30-39-45(33)68-47-46(67-39)43-34(2)44(62)38(61)29-37(43)56(8)24-28-59(11)42-32-54(6,50(64)66-14)20-18-52(42,4)22-26-60(59,12)48(47)56/h15-16,29-30,40-42,46-48,61-62H,17-28,31-32H2,1-14H3/t40-,41+,42+,46+,47+,48-,51+,52+,53+,54+,55-,56-,57+,58-,59-,60+/m0/s1. The first kappa shape index (κ1) is 46.7. The maximum Gasteiger partial charge on any atom is 0.311 e. The zero-order valence-corrected chi connectivity index (χ0v) is 44.0. The molecule has 1 aliphatic heterocycles. The van der Waals surface area contributed by atoms with Gasteiger partial charge in [-0.2, -0.15) is 0 Å². The van der Waals surface area contributed by atoms with Gasteiger partial charge in [-0.1, -0.05) is 67.5 Å². The van der Waals surface area contributed by atoms with E-state index in [1.165, 1.54) is 24.7 Å². The second-order valence-corrected chi connectivity index (χ2v) is 27.5. The third-order valence-electron chi connectivity index (χ3n) is 24.7. The molecule has 0 saturated heterocycles. The predicted molar refractivity (Wildman–Crippen MR) is 265 cm³/mol. The molecule has 68 heavy (non-hydrogen) atoms. The van der Waals surface area contributed by atoms with Gasteiger partial charge >= 0.3 is 11.9 Å². The second-order valence-electron chi connectivity index (χ2n) is 27.5. The highest BCUT2D eigenvalue weighted by Gasteiger charge is 2.73. The minimum absolute atomic E-state index is 0.00811. The molecule has 9 aliphatic rings. The monoisotopic (exact) mass is 931 g/mol. The van der Waals surface area contributed by atoms with Crippen molar-refractivity contribution in [2.75, 3.05) is 14.2 Å². The van der Waals surface area contributed by atoms with Gasteiger partial charge in [-0.05, 0) is 197 Å². The summed E-state index contributed by atoms with van der Waals surface area (Å²) in [6.07, 6.45) is 18.1. The van der Waals surface area contributed by atoms with Crippen LogP contribution in [0.5, 0.6) is 23.0 Å². The zero-order chi connectivity index (χ0) is 48.9. The van der Waals surface area contributed by atoms with E-state index in [9.17, 15) is 19.8 Å². The molecule has 2 N–H and O–H groups in total. The van der Waals surface area contributed by atoms with Crippen LogP contribution in [-0.2, 0) is 29.9 Å². The van der Waals surface area contributed by atoms with Gasteiger partial charge in [0.1, 0.15) is 6.10 Å². The van der Waals surface area contributed by atoms with E-state index in [1.54, 1.807) is 7.11 Å². The van der Waals surface area contributed by atoms with E-state index in [0.29, 0.717) is 23.3 Å². The normalized spacial score (nSPS) is 48.0. The molecule has 8 nitrogen and oxygen atoms in total. The minimum Gasteiger partial charge on any atom is -0.504 e. The van der Waals surface area contributed by atoms with Crippen LogP contribution in [0, 0.1) is 80.8 Å². The maximum atomic E-state index is 13.5. The number of aromatic hydroxyl groups is 2. The van der Waals surface area contributed by atoms with Crippen molar-refractivity contribution >= 4 is 18.0 Å². The summed E-state index contributed by atoms with van der Waals surface area (Å²) < 4.78 is 26.3. The minimum atomic E-state index is -0.528. The molecular weight excluding hydrogens is 849 g/mol. The first-order valence-corrected chi connectivity index (χ1v) is 26.6. The molecule has 1 heterocycles. The summed E-state index contributed by atoms with van der Waals surface area (Å²) in [6, 6.07) is 4.20. The number of methoxy groups -OCH3 is 2.